The van der Waals surface area contributed by atoms with Crippen molar-refractivity contribution in [1.82, 2.24) is 30.2 Å². The zero-order chi connectivity index (χ0) is 29.8. The topological polar surface area (TPSA) is 85.2 Å². The van der Waals surface area contributed by atoms with Gasteiger partial charge in [-0.3, -0.25) is 0 Å². The second-order valence-electron chi connectivity index (χ2n) is 11.5. The van der Waals surface area contributed by atoms with E-state index in [1.807, 2.05) is 12.3 Å². The molecule has 3 aliphatic heterocycles. The Balaban J connectivity index is 1.37. The van der Waals surface area contributed by atoms with Crippen LogP contribution in [0.25, 0.3) is 63.1 Å². The summed E-state index contributed by atoms with van der Waals surface area (Å²) in [6.07, 6.45) is 14.7. The van der Waals surface area contributed by atoms with Crippen LogP contribution in [-0.2, 0) is 0 Å². The highest BCUT2D eigenvalue weighted by Crippen LogP contribution is 2.34. The normalized spacial score (nSPS) is 14.8. The fourth-order valence-electron chi connectivity index (χ4n) is 6.26. The number of allylic oxidation sites excluding steroid dienone is 1. The summed E-state index contributed by atoms with van der Waals surface area (Å²) >= 11 is 0. The summed E-state index contributed by atoms with van der Waals surface area (Å²) in [4.78, 5) is 20.9. The van der Waals surface area contributed by atoms with Crippen molar-refractivity contribution in [3.8, 4) is 11.1 Å². The van der Waals surface area contributed by atoms with Crippen molar-refractivity contribution in [1.29, 1.82) is 0 Å². The molecule has 8 bridgehead atoms. The van der Waals surface area contributed by atoms with E-state index in [4.69, 9.17) is 9.97 Å². The number of fused-ring (bicyclic) bond motifs is 8. The Hall–Kier alpha value is -5.62. The molecule has 6 nitrogen and oxygen atoms in total. The highest BCUT2D eigenvalue weighted by atomic mass is 14.9. The van der Waals surface area contributed by atoms with Crippen molar-refractivity contribution < 1.29 is 0 Å². The summed E-state index contributed by atoms with van der Waals surface area (Å²) in [6.45, 7) is 7.21. The van der Waals surface area contributed by atoms with E-state index in [1.165, 1.54) is 0 Å². The Morgan fingerprint density at radius 3 is 1.75 bits per heavy atom. The molecule has 0 saturated heterocycles. The summed E-state index contributed by atoms with van der Waals surface area (Å²) in [5.74, 6) is 0. The Kier molecular flexibility index (Phi) is 6.08. The summed E-state index contributed by atoms with van der Waals surface area (Å²) in [5, 5.41) is 3.51. The number of nitrogens with zero attached hydrogens (tertiary/aromatic N) is 2. The van der Waals surface area contributed by atoms with Crippen LogP contribution in [0.4, 0.5) is 0 Å². The molecule has 4 aromatic heterocycles. The van der Waals surface area contributed by atoms with Gasteiger partial charge in [0, 0.05) is 57.3 Å². The highest BCUT2D eigenvalue weighted by molar-refractivity contribution is 5.93. The summed E-state index contributed by atoms with van der Waals surface area (Å²) in [5.41, 5.74) is 18.0. The third kappa shape index (κ3) is 4.34. The quantitative estimate of drug-likeness (QED) is 0.171. The first kappa shape index (κ1) is 26.0. The van der Waals surface area contributed by atoms with Crippen LogP contribution in [0.2, 0.25) is 0 Å². The molecule has 0 unspecified atom stereocenters. The predicted octanol–water partition coefficient (Wildman–Crippen LogP) is 8.49. The molecule has 5 aromatic rings. The van der Waals surface area contributed by atoms with Gasteiger partial charge in [-0.1, -0.05) is 30.3 Å². The molecule has 3 aliphatic rings. The lowest BCUT2D eigenvalue weighted by molar-refractivity contribution is 0.982. The zero-order valence-electron chi connectivity index (χ0n) is 24.9. The molecule has 44 heavy (non-hydrogen) atoms. The molecule has 0 aliphatic carbocycles. The third-order valence-electron chi connectivity index (χ3n) is 8.84. The number of aromatic nitrogens is 5. The van der Waals surface area contributed by atoms with E-state index in [9.17, 15) is 0 Å². The fourth-order valence-corrected chi connectivity index (χ4v) is 6.26. The minimum absolute atomic E-state index is 0.839. The van der Waals surface area contributed by atoms with Crippen molar-refractivity contribution in [2.45, 2.75) is 20.8 Å². The first-order chi connectivity index (χ1) is 21.5. The molecule has 0 amide bonds. The van der Waals surface area contributed by atoms with E-state index >= 15 is 0 Å². The van der Waals surface area contributed by atoms with Crippen molar-refractivity contribution in [3.05, 3.63) is 135 Å². The standard InChI is InChI=1S/C38H32N6/c1-22-27-12-14-29(41-27)23(2)31-16-18-35(43-31)38(36-19-17-32(44-36)24(3)30-15-13-28(22)42-30)26-10-8-25(9-11-26)37(33-6-4-20-39-33)34-7-5-21-40-34/h4-20,39-41,44H,21H2,1-3H3. The largest absolute Gasteiger partial charge is 0.381 e. The maximum Gasteiger partial charge on any atom is 0.0737 e. The Morgan fingerprint density at radius 1 is 0.614 bits per heavy atom. The van der Waals surface area contributed by atoms with Crippen LogP contribution in [0.15, 0.2) is 84.7 Å². The molecule has 6 heteroatoms. The summed E-state index contributed by atoms with van der Waals surface area (Å²) < 4.78 is 0. The molecular weight excluding hydrogens is 540 g/mol. The molecule has 4 N–H and O–H groups in total. The van der Waals surface area contributed by atoms with Gasteiger partial charge in [-0.05, 0) is 115 Å². The number of nitrogens with one attached hydrogen (secondary N) is 4. The van der Waals surface area contributed by atoms with E-state index in [2.05, 4.69) is 132 Å². The lowest BCUT2D eigenvalue weighted by Crippen LogP contribution is -2.08. The van der Waals surface area contributed by atoms with Gasteiger partial charge >= 0.3 is 0 Å². The first-order valence-electron chi connectivity index (χ1n) is 15.0. The third-order valence-corrected chi connectivity index (χ3v) is 8.84. The van der Waals surface area contributed by atoms with E-state index in [-0.39, 0.29) is 0 Å². The monoisotopic (exact) mass is 572 g/mol. The number of H-pyrrole nitrogens is 3. The Bertz CT molecular complexity index is 2230. The van der Waals surface area contributed by atoms with E-state index in [0.29, 0.717) is 0 Å². The fraction of sp³-hybridized carbons (Fsp3) is 0.105. The van der Waals surface area contributed by atoms with E-state index < -0.39 is 0 Å². The molecule has 0 spiro atoms. The predicted molar refractivity (Wildman–Crippen MR) is 182 cm³/mol. The average molecular weight is 573 g/mol. The van der Waals surface area contributed by atoms with E-state index in [1.54, 1.807) is 0 Å². The minimum atomic E-state index is 0.839. The van der Waals surface area contributed by atoms with Crippen LogP contribution in [0, 0.1) is 20.8 Å². The maximum atomic E-state index is 5.18. The smallest absolute Gasteiger partial charge is 0.0737 e. The molecule has 7 heterocycles. The van der Waals surface area contributed by atoms with Gasteiger partial charge < -0.3 is 20.3 Å². The zero-order valence-corrected chi connectivity index (χ0v) is 24.9. The Labute approximate surface area is 255 Å². The van der Waals surface area contributed by atoms with Gasteiger partial charge in [0.05, 0.1) is 22.8 Å². The number of aryl methyl sites for hydroxylation is 3. The van der Waals surface area contributed by atoms with Crippen molar-refractivity contribution in [2.75, 3.05) is 6.54 Å². The van der Waals surface area contributed by atoms with Crippen LogP contribution < -0.4 is 5.32 Å². The lowest BCUT2D eigenvalue weighted by atomic mass is 9.96. The van der Waals surface area contributed by atoms with Gasteiger partial charge in [0.1, 0.15) is 0 Å². The van der Waals surface area contributed by atoms with Gasteiger partial charge in [-0.25, -0.2) is 9.97 Å². The summed E-state index contributed by atoms with van der Waals surface area (Å²) in [7, 11) is 0. The molecule has 8 rings (SSSR count). The number of hydrogen-bond acceptors (Lipinski definition) is 3. The van der Waals surface area contributed by atoms with Gasteiger partial charge in [-0.2, -0.15) is 0 Å². The van der Waals surface area contributed by atoms with Crippen LogP contribution in [0.5, 0.6) is 0 Å². The van der Waals surface area contributed by atoms with Gasteiger partial charge in [0.15, 0.2) is 0 Å². The molecule has 0 saturated carbocycles. The van der Waals surface area contributed by atoms with E-state index in [0.717, 1.165) is 102 Å². The summed E-state index contributed by atoms with van der Waals surface area (Å²) in [6, 6.07) is 21.5. The molecule has 0 radical (unpaired) electrons. The average Bonchev–Trinajstić information content (AvgIpc) is 3.90. The van der Waals surface area contributed by atoms with Gasteiger partial charge in [0.2, 0.25) is 0 Å². The molecule has 214 valence electrons. The van der Waals surface area contributed by atoms with Gasteiger partial charge in [0.25, 0.3) is 0 Å². The second-order valence-corrected chi connectivity index (χ2v) is 11.5. The second kappa shape index (κ2) is 10.3. The maximum absolute atomic E-state index is 5.18. The molecule has 0 fully saturated rings. The molecule has 0 atom stereocenters. The lowest BCUT2D eigenvalue weighted by Gasteiger charge is -2.12. The molecule has 1 aromatic carbocycles. The van der Waals surface area contributed by atoms with Crippen LogP contribution in [0.3, 0.4) is 0 Å². The number of hydrogen-bond donors (Lipinski definition) is 4. The van der Waals surface area contributed by atoms with Crippen LogP contribution in [-0.4, -0.2) is 31.5 Å². The highest BCUT2D eigenvalue weighted by Gasteiger charge is 2.17. The number of benzene rings is 1. The molecular formula is C38H32N6. The van der Waals surface area contributed by atoms with Gasteiger partial charge in [-0.15, -0.1) is 0 Å². The minimum Gasteiger partial charge on any atom is -0.381 e. The number of aromatic amines is 3. The van der Waals surface area contributed by atoms with Crippen molar-refractivity contribution in [2.24, 2.45) is 0 Å². The van der Waals surface area contributed by atoms with Crippen LogP contribution in [0.1, 0.15) is 50.7 Å². The van der Waals surface area contributed by atoms with Crippen molar-refractivity contribution >= 4 is 51.9 Å². The number of rotatable bonds is 3. The van der Waals surface area contributed by atoms with Crippen molar-refractivity contribution in [3.63, 3.8) is 0 Å². The van der Waals surface area contributed by atoms with Crippen LogP contribution >= 0.6 is 0 Å². The SMILES string of the molecule is Cc1c2nc(c(C)c3ccc([nH]3)c(-c3ccc(C(=C4C=CCN4)c4ccc[nH]4)cc3)c3nc(c(C)c4ccc1[nH]4)C=C3)C=C2. The Morgan fingerprint density at radius 2 is 1.18 bits per heavy atom. The first-order valence-corrected chi connectivity index (χ1v) is 15.0.